The number of carbonyl (C=O) groups excluding carboxylic acids is 1. The first kappa shape index (κ1) is 10.0. The normalized spacial score (nSPS) is 25.8. The Bertz CT molecular complexity index is 212. The maximum absolute atomic E-state index is 11.6. The van der Waals surface area contributed by atoms with Crippen molar-refractivity contribution in [1.82, 2.24) is 0 Å². The fraction of sp³-hybridized carbons (Fsp3) is 0.917. The topological polar surface area (TPSA) is 26.3 Å². The summed E-state index contributed by atoms with van der Waals surface area (Å²) in [6.45, 7) is 2.14. The van der Waals surface area contributed by atoms with E-state index in [1.54, 1.807) is 0 Å². The van der Waals surface area contributed by atoms with Gasteiger partial charge in [-0.15, -0.1) is 0 Å². The molecule has 0 N–H and O–H groups in total. The number of esters is 1. The van der Waals surface area contributed by atoms with Crippen molar-refractivity contribution in [1.29, 1.82) is 0 Å². The summed E-state index contributed by atoms with van der Waals surface area (Å²) in [7, 11) is 0. The van der Waals surface area contributed by atoms with Crippen LogP contribution in [0.1, 0.15) is 58.3 Å². The van der Waals surface area contributed by atoms with Gasteiger partial charge in [0.1, 0.15) is 5.60 Å². The Hall–Kier alpha value is -0.530. The molecule has 0 atom stereocenters. The van der Waals surface area contributed by atoms with Crippen LogP contribution in [-0.4, -0.2) is 11.6 Å². The summed E-state index contributed by atoms with van der Waals surface area (Å²) in [5.41, 5.74) is -0.0854. The third-order valence-electron chi connectivity index (χ3n) is 3.64. The Morgan fingerprint density at radius 2 is 1.93 bits per heavy atom. The number of hydrogen-bond donors (Lipinski definition) is 0. The molecule has 2 rings (SSSR count). The Morgan fingerprint density at radius 1 is 1.29 bits per heavy atom. The van der Waals surface area contributed by atoms with Crippen molar-refractivity contribution in [3.05, 3.63) is 0 Å². The summed E-state index contributed by atoms with van der Waals surface area (Å²) in [4.78, 5) is 11.6. The van der Waals surface area contributed by atoms with E-state index in [2.05, 4.69) is 6.92 Å². The Labute approximate surface area is 86.0 Å². The SMILES string of the molecule is CCC1(OC(=O)C2CC2)CCCCC1. The largest absolute Gasteiger partial charge is 0.459 e. The van der Waals surface area contributed by atoms with Crippen molar-refractivity contribution >= 4 is 5.97 Å². The zero-order valence-electron chi connectivity index (χ0n) is 9.05. The third-order valence-corrected chi connectivity index (χ3v) is 3.64. The number of carbonyl (C=O) groups is 1. The molecular weight excluding hydrogens is 176 g/mol. The van der Waals surface area contributed by atoms with Crippen LogP contribution in [0, 0.1) is 5.92 Å². The van der Waals surface area contributed by atoms with E-state index in [9.17, 15) is 4.79 Å². The Kier molecular flexibility index (Phi) is 2.80. The van der Waals surface area contributed by atoms with Gasteiger partial charge in [-0.3, -0.25) is 4.79 Å². The van der Waals surface area contributed by atoms with Crippen LogP contribution >= 0.6 is 0 Å². The maximum atomic E-state index is 11.6. The van der Waals surface area contributed by atoms with Crippen molar-refractivity contribution in [3.8, 4) is 0 Å². The first-order chi connectivity index (χ1) is 6.76. The first-order valence-corrected chi connectivity index (χ1v) is 5.99. The molecule has 2 nitrogen and oxygen atoms in total. The monoisotopic (exact) mass is 196 g/mol. The highest BCUT2D eigenvalue weighted by Gasteiger charge is 2.39. The lowest BCUT2D eigenvalue weighted by Gasteiger charge is -2.36. The van der Waals surface area contributed by atoms with Gasteiger partial charge in [-0.2, -0.15) is 0 Å². The van der Waals surface area contributed by atoms with E-state index in [4.69, 9.17) is 4.74 Å². The van der Waals surface area contributed by atoms with Crippen molar-refractivity contribution < 1.29 is 9.53 Å². The molecule has 80 valence electrons. The standard InChI is InChI=1S/C12H20O2/c1-2-12(8-4-3-5-9-12)14-11(13)10-6-7-10/h10H,2-9H2,1H3. The summed E-state index contributed by atoms with van der Waals surface area (Å²) < 4.78 is 5.71. The van der Waals surface area contributed by atoms with Gasteiger partial charge in [0.2, 0.25) is 0 Å². The zero-order valence-corrected chi connectivity index (χ0v) is 9.05. The smallest absolute Gasteiger partial charge is 0.309 e. The molecule has 0 bridgehead atoms. The Balaban J connectivity index is 1.92. The predicted octanol–water partition coefficient (Wildman–Crippen LogP) is 3.05. The highest BCUT2D eigenvalue weighted by Crippen LogP contribution is 2.38. The molecule has 14 heavy (non-hydrogen) atoms. The molecule has 0 aromatic heterocycles. The van der Waals surface area contributed by atoms with Gasteiger partial charge in [0.05, 0.1) is 5.92 Å². The third kappa shape index (κ3) is 2.10. The van der Waals surface area contributed by atoms with Crippen LogP contribution in [-0.2, 0) is 9.53 Å². The van der Waals surface area contributed by atoms with Crippen molar-refractivity contribution in [2.75, 3.05) is 0 Å². The number of hydrogen-bond acceptors (Lipinski definition) is 2. The molecule has 0 aromatic rings. The molecule has 0 aromatic carbocycles. The number of rotatable bonds is 3. The second kappa shape index (κ2) is 3.92. The van der Waals surface area contributed by atoms with Crippen LogP contribution in [0.5, 0.6) is 0 Å². The van der Waals surface area contributed by atoms with Gasteiger partial charge in [-0.1, -0.05) is 13.3 Å². The molecule has 2 saturated carbocycles. The van der Waals surface area contributed by atoms with E-state index in [0.29, 0.717) is 0 Å². The minimum absolute atomic E-state index is 0.0775. The minimum Gasteiger partial charge on any atom is -0.459 e. The molecule has 0 unspecified atom stereocenters. The van der Waals surface area contributed by atoms with Gasteiger partial charge >= 0.3 is 5.97 Å². The zero-order chi connectivity index (χ0) is 10.0. The lowest BCUT2D eigenvalue weighted by atomic mass is 9.83. The summed E-state index contributed by atoms with van der Waals surface area (Å²) in [5, 5.41) is 0. The van der Waals surface area contributed by atoms with Crippen molar-refractivity contribution in [3.63, 3.8) is 0 Å². The van der Waals surface area contributed by atoms with Crippen LogP contribution in [0.4, 0.5) is 0 Å². The second-order valence-electron chi connectivity index (χ2n) is 4.79. The summed E-state index contributed by atoms with van der Waals surface area (Å²) in [6, 6.07) is 0. The first-order valence-electron chi connectivity index (χ1n) is 5.99. The summed E-state index contributed by atoms with van der Waals surface area (Å²) in [6.07, 6.45) is 9.03. The van der Waals surface area contributed by atoms with E-state index in [-0.39, 0.29) is 17.5 Å². The van der Waals surface area contributed by atoms with Gasteiger partial charge in [-0.05, 0) is 44.9 Å². The molecule has 0 saturated heterocycles. The Morgan fingerprint density at radius 3 is 2.43 bits per heavy atom. The quantitative estimate of drug-likeness (QED) is 0.648. The molecular formula is C12H20O2. The lowest BCUT2D eigenvalue weighted by molar-refractivity contribution is -0.165. The van der Waals surface area contributed by atoms with E-state index >= 15 is 0 Å². The van der Waals surface area contributed by atoms with Gasteiger partial charge in [0, 0.05) is 0 Å². The molecule has 2 aliphatic carbocycles. The van der Waals surface area contributed by atoms with Crippen LogP contribution in [0.25, 0.3) is 0 Å². The molecule has 0 aliphatic heterocycles. The fourth-order valence-corrected chi connectivity index (χ4v) is 2.34. The van der Waals surface area contributed by atoms with Crippen molar-refractivity contribution in [2.45, 2.75) is 63.9 Å². The lowest BCUT2D eigenvalue weighted by Crippen LogP contribution is -2.37. The van der Waals surface area contributed by atoms with E-state index in [0.717, 1.165) is 32.1 Å². The van der Waals surface area contributed by atoms with Gasteiger partial charge in [0.15, 0.2) is 0 Å². The average molecular weight is 196 g/mol. The highest BCUT2D eigenvalue weighted by molar-refractivity contribution is 5.75. The van der Waals surface area contributed by atoms with Crippen molar-refractivity contribution in [2.24, 2.45) is 5.92 Å². The predicted molar refractivity (Wildman–Crippen MR) is 54.9 cm³/mol. The molecule has 2 fully saturated rings. The van der Waals surface area contributed by atoms with E-state index in [1.165, 1.54) is 19.3 Å². The van der Waals surface area contributed by atoms with Crippen LogP contribution < -0.4 is 0 Å². The average Bonchev–Trinajstić information content (AvgIpc) is 3.02. The molecule has 2 aliphatic rings. The molecule has 0 spiro atoms. The molecule has 0 heterocycles. The van der Waals surface area contributed by atoms with Crippen LogP contribution in [0.2, 0.25) is 0 Å². The summed E-state index contributed by atoms with van der Waals surface area (Å²) >= 11 is 0. The molecule has 2 heteroatoms. The van der Waals surface area contributed by atoms with E-state index in [1.807, 2.05) is 0 Å². The minimum atomic E-state index is -0.0854. The maximum Gasteiger partial charge on any atom is 0.309 e. The van der Waals surface area contributed by atoms with Crippen LogP contribution in [0.15, 0.2) is 0 Å². The van der Waals surface area contributed by atoms with Gasteiger partial charge in [-0.25, -0.2) is 0 Å². The molecule has 0 amide bonds. The number of ether oxygens (including phenoxy) is 1. The highest BCUT2D eigenvalue weighted by atomic mass is 16.6. The van der Waals surface area contributed by atoms with Gasteiger partial charge < -0.3 is 4.74 Å². The molecule has 0 radical (unpaired) electrons. The second-order valence-corrected chi connectivity index (χ2v) is 4.79. The van der Waals surface area contributed by atoms with Crippen LogP contribution in [0.3, 0.4) is 0 Å². The van der Waals surface area contributed by atoms with Gasteiger partial charge in [0.25, 0.3) is 0 Å². The fourth-order valence-electron chi connectivity index (χ4n) is 2.34. The van der Waals surface area contributed by atoms with E-state index < -0.39 is 0 Å². The summed E-state index contributed by atoms with van der Waals surface area (Å²) in [5.74, 6) is 0.328.